The van der Waals surface area contributed by atoms with E-state index in [1.807, 2.05) is 19.2 Å². The molecule has 1 aromatic heterocycles. The first-order chi connectivity index (χ1) is 8.83. The molecule has 0 saturated carbocycles. The van der Waals surface area contributed by atoms with Crippen LogP contribution in [0.5, 0.6) is 0 Å². The van der Waals surface area contributed by atoms with Crippen molar-refractivity contribution in [1.29, 1.82) is 0 Å². The van der Waals surface area contributed by atoms with E-state index in [4.69, 9.17) is 4.74 Å². The van der Waals surface area contributed by atoms with Crippen LogP contribution in [0.2, 0.25) is 0 Å². The summed E-state index contributed by atoms with van der Waals surface area (Å²) in [5, 5.41) is 10.3. The summed E-state index contributed by atoms with van der Waals surface area (Å²) in [6.07, 6.45) is 6.61. The number of nitrogens with zero attached hydrogens (tertiary/aromatic N) is 1. The summed E-state index contributed by atoms with van der Waals surface area (Å²) in [5.41, 5.74) is 2.44. The first kappa shape index (κ1) is 13.5. The summed E-state index contributed by atoms with van der Waals surface area (Å²) in [6, 6.07) is 4.13. The van der Waals surface area contributed by atoms with Crippen molar-refractivity contribution in [3.8, 4) is 0 Å². The van der Waals surface area contributed by atoms with Crippen LogP contribution in [0, 0.1) is 0 Å². The molecule has 0 amide bonds. The minimum atomic E-state index is -0.278. The largest absolute Gasteiger partial charge is 0.392 e. The Hall–Kier alpha value is -0.930. The van der Waals surface area contributed by atoms with Crippen LogP contribution < -0.4 is 0 Å². The zero-order valence-electron chi connectivity index (χ0n) is 11.1. The number of fused-ring (bicyclic) bond motifs is 1. The molecule has 1 aliphatic carbocycles. The summed E-state index contributed by atoms with van der Waals surface area (Å²) in [4.78, 5) is 4.47. The average Bonchev–Trinajstić information content (AvgIpc) is 2.43. The molecule has 2 unspecified atom stereocenters. The molecule has 1 N–H and O–H groups in total. The molecule has 3 heteroatoms. The molecule has 3 nitrogen and oxygen atoms in total. The van der Waals surface area contributed by atoms with Gasteiger partial charge in [-0.2, -0.15) is 0 Å². The molecule has 100 valence electrons. The van der Waals surface area contributed by atoms with Gasteiger partial charge < -0.3 is 9.84 Å². The Kier molecular flexibility index (Phi) is 5.14. The van der Waals surface area contributed by atoms with Gasteiger partial charge in [0.2, 0.25) is 0 Å². The molecular formula is C15H23NO2. The van der Waals surface area contributed by atoms with E-state index in [1.54, 1.807) is 0 Å². The van der Waals surface area contributed by atoms with Crippen LogP contribution in [0.4, 0.5) is 0 Å². The summed E-state index contributed by atoms with van der Waals surface area (Å²) in [6.45, 7) is 3.50. The zero-order chi connectivity index (χ0) is 12.8. The fraction of sp³-hybridized carbons (Fsp3) is 0.667. The van der Waals surface area contributed by atoms with Crippen molar-refractivity contribution in [3.05, 3.63) is 29.6 Å². The van der Waals surface area contributed by atoms with E-state index >= 15 is 0 Å². The second-order valence-electron chi connectivity index (χ2n) is 4.95. The topological polar surface area (TPSA) is 42.4 Å². The van der Waals surface area contributed by atoms with E-state index in [9.17, 15) is 5.11 Å². The van der Waals surface area contributed by atoms with Crippen LogP contribution in [0.25, 0.3) is 0 Å². The second kappa shape index (κ2) is 6.86. The molecule has 2 rings (SSSR count). The van der Waals surface area contributed by atoms with Crippen LogP contribution in [-0.2, 0) is 11.2 Å². The molecule has 1 heterocycles. The van der Waals surface area contributed by atoms with Gasteiger partial charge in [-0.1, -0.05) is 6.07 Å². The van der Waals surface area contributed by atoms with Crippen molar-refractivity contribution in [2.75, 3.05) is 13.2 Å². The van der Waals surface area contributed by atoms with Gasteiger partial charge in [0.25, 0.3) is 0 Å². The normalized spacial score (nSPS) is 20.4. The Morgan fingerprint density at radius 2 is 2.44 bits per heavy atom. The van der Waals surface area contributed by atoms with Gasteiger partial charge in [0.15, 0.2) is 0 Å². The highest BCUT2D eigenvalue weighted by Crippen LogP contribution is 2.33. The third-order valence-electron chi connectivity index (χ3n) is 3.70. The van der Waals surface area contributed by atoms with Crippen molar-refractivity contribution in [2.45, 2.75) is 51.0 Å². The van der Waals surface area contributed by atoms with Crippen LogP contribution in [0.1, 0.15) is 49.8 Å². The lowest BCUT2D eigenvalue weighted by atomic mass is 9.82. The lowest BCUT2D eigenvalue weighted by Crippen LogP contribution is -2.24. The Balaban J connectivity index is 1.93. The maximum Gasteiger partial charge on any atom is 0.0624 e. The molecule has 0 aliphatic heterocycles. The van der Waals surface area contributed by atoms with Gasteiger partial charge >= 0.3 is 0 Å². The fourth-order valence-corrected chi connectivity index (χ4v) is 2.76. The minimum absolute atomic E-state index is 0.219. The van der Waals surface area contributed by atoms with Crippen LogP contribution >= 0.6 is 0 Å². The third kappa shape index (κ3) is 3.30. The van der Waals surface area contributed by atoms with Gasteiger partial charge in [-0.15, -0.1) is 0 Å². The third-order valence-corrected chi connectivity index (χ3v) is 3.70. The first-order valence-corrected chi connectivity index (χ1v) is 7.02. The molecule has 0 radical (unpaired) electrons. The molecule has 0 fully saturated rings. The quantitative estimate of drug-likeness (QED) is 0.788. The lowest BCUT2D eigenvalue weighted by molar-refractivity contribution is 0.0944. The van der Waals surface area contributed by atoms with Crippen molar-refractivity contribution in [1.82, 2.24) is 4.98 Å². The highest BCUT2D eigenvalue weighted by Gasteiger charge is 2.27. The molecule has 1 aromatic rings. The number of aliphatic hydroxyl groups is 1. The molecule has 0 aromatic carbocycles. The molecule has 0 bridgehead atoms. The highest BCUT2D eigenvalue weighted by molar-refractivity contribution is 5.26. The maximum absolute atomic E-state index is 10.3. The predicted molar refractivity (Wildman–Crippen MR) is 71.6 cm³/mol. The predicted octanol–water partition coefficient (Wildman–Crippen LogP) is 2.68. The Morgan fingerprint density at radius 3 is 3.28 bits per heavy atom. The molecule has 18 heavy (non-hydrogen) atoms. The van der Waals surface area contributed by atoms with E-state index in [-0.39, 0.29) is 12.0 Å². The average molecular weight is 249 g/mol. The maximum atomic E-state index is 10.3. The Morgan fingerprint density at radius 1 is 1.56 bits per heavy atom. The monoisotopic (exact) mass is 249 g/mol. The Labute approximate surface area is 109 Å². The van der Waals surface area contributed by atoms with E-state index in [0.29, 0.717) is 0 Å². The summed E-state index contributed by atoms with van der Waals surface area (Å²) in [7, 11) is 0. The summed E-state index contributed by atoms with van der Waals surface area (Å²) < 4.78 is 5.31. The molecule has 0 spiro atoms. The van der Waals surface area contributed by atoms with E-state index in [1.165, 1.54) is 5.56 Å². The van der Waals surface area contributed by atoms with Crippen LogP contribution in [0.15, 0.2) is 18.3 Å². The smallest absolute Gasteiger partial charge is 0.0624 e. The lowest BCUT2D eigenvalue weighted by Gasteiger charge is -2.28. The molecule has 0 saturated heterocycles. The molecular weight excluding hydrogens is 226 g/mol. The number of aliphatic hydroxyl groups excluding tert-OH is 1. The first-order valence-electron chi connectivity index (χ1n) is 7.02. The second-order valence-corrected chi connectivity index (χ2v) is 4.95. The van der Waals surface area contributed by atoms with Crippen LogP contribution in [-0.4, -0.2) is 29.4 Å². The number of hydrogen-bond donors (Lipinski definition) is 1. The number of hydrogen-bond acceptors (Lipinski definition) is 3. The number of ether oxygens (including phenoxy) is 1. The van der Waals surface area contributed by atoms with Crippen molar-refractivity contribution in [2.24, 2.45) is 0 Å². The SMILES string of the molecule is CCOCCCC(O)C1CCCc2cccnc21. The van der Waals surface area contributed by atoms with Crippen LogP contribution in [0.3, 0.4) is 0 Å². The van der Waals surface area contributed by atoms with Gasteiger partial charge in [-0.25, -0.2) is 0 Å². The summed E-state index contributed by atoms with van der Waals surface area (Å²) in [5.74, 6) is 0.219. The van der Waals surface area contributed by atoms with E-state index in [2.05, 4.69) is 11.1 Å². The Bertz CT molecular complexity index is 367. The minimum Gasteiger partial charge on any atom is -0.392 e. The van der Waals surface area contributed by atoms with E-state index in [0.717, 1.165) is 51.0 Å². The molecule has 1 aliphatic rings. The van der Waals surface area contributed by atoms with E-state index < -0.39 is 0 Å². The van der Waals surface area contributed by atoms with Gasteiger partial charge in [0, 0.05) is 31.0 Å². The zero-order valence-corrected chi connectivity index (χ0v) is 11.1. The van der Waals surface area contributed by atoms with Crippen molar-refractivity contribution >= 4 is 0 Å². The van der Waals surface area contributed by atoms with Gasteiger partial charge in [0.05, 0.1) is 6.10 Å². The highest BCUT2D eigenvalue weighted by atomic mass is 16.5. The standard InChI is InChI=1S/C15H23NO2/c1-2-18-11-5-9-14(17)13-8-3-6-12-7-4-10-16-15(12)13/h4,7,10,13-14,17H,2-3,5-6,8-9,11H2,1H3. The van der Waals surface area contributed by atoms with Gasteiger partial charge in [-0.05, 0) is 50.7 Å². The fourth-order valence-electron chi connectivity index (χ4n) is 2.76. The summed E-state index contributed by atoms with van der Waals surface area (Å²) >= 11 is 0. The number of rotatable bonds is 6. The number of pyridine rings is 1. The van der Waals surface area contributed by atoms with Crippen molar-refractivity contribution < 1.29 is 9.84 Å². The molecule has 2 atom stereocenters. The van der Waals surface area contributed by atoms with Gasteiger partial charge in [-0.3, -0.25) is 4.98 Å². The number of aryl methyl sites for hydroxylation is 1. The van der Waals surface area contributed by atoms with Gasteiger partial charge in [0.1, 0.15) is 0 Å². The van der Waals surface area contributed by atoms with Crippen molar-refractivity contribution in [3.63, 3.8) is 0 Å². The number of aromatic nitrogens is 1.